The van der Waals surface area contributed by atoms with Gasteiger partial charge in [0.1, 0.15) is 5.75 Å². The van der Waals surface area contributed by atoms with Gasteiger partial charge in [-0.2, -0.15) is 13.2 Å². The van der Waals surface area contributed by atoms with Crippen LogP contribution in [0.1, 0.15) is 44.1 Å². The summed E-state index contributed by atoms with van der Waals surface area (Å²) in [5.74, 6) is -3.36. The molecule has 0 atom stereocenters. The predicted molar refractivity (Wildman–Crippen MR) is 91.7 cm³/mol. The highest BCUT2D eigenvalue weighted by molar-refractivity contribution is 6.27. The predicted octanol–water partition coefficient (Wildman–Crippen LogP) is 3.55. The Morgan fingerprint density at radius 3 is 2.30 bits per heavy atom. The number of carbonyl (C=O) groups is 2. The van der Waals surface area contributed by atoms with Gasteiger partial charge in [0.15, 0.2) is 0 Å². The van der Waals surface area contributed by atoms with E-state index in [1.165, 1.54) is 31.7 Å². The number of carboxylic acids is 2. The van der Waals surface area contributed by atoms with Gasteiger partial charge in [0.05, 0.1) is 12.2 Å². The number of rotatable bonds is 7. The third-order valence-electron chi connectivity index (χ3n) is 3.97. The molecule has 0 saturated heterocycles. The van der Waals surface area contributed by atoms with Crippen molar-refractivity contribution in [3.8, 4) is 5.75 Å². The fourth-order valence-electron chi connectivity index (χ4n) is 2.62. The topological polar surface area (TPSA) is 95.9 Å². The first-order chi connectivity index (χ1) is 12.7. The second-order valence-electron chi connectivity index (χ2n) is 6.13. The number of carboxylic acid groups (broad SMARTS) is 2. The number of unbranched alkanes of at least 4 members (excludes halogenated alkanes) is 1. The van der Waals surface area contributed by atoms with Crippen LogP contribution in [0.2, 0.25) is 0 Å². The minimum atomic E-state index is -4.31. The van der Waals surface area contributed by atoms with Gasteiger partial charge in [-0.3, -0.25) is 0 Å². The minimum Gasteiger partial charge on any atom is -0.494 e. The molecular weight excluding hydrogens is 367 g/mol. The van der Waals surface area contributed by atoms with Crippen LogP contribution in [-0.2, 0) is 15.8 Å². The van der Waals surface area contributed by atoms with Crippen molar-refractivity contribution in [3.05, 3.63) is 29.8 Å². The van der Waals surface area contributed by atoms with Crippen LogP contribution in [0.3, 0.4) is 0 Å². The first kappa shape index (κ1) is 22.8. The minimum absolute atomic E-state index is 0.286. The van der Waals surface area contributed by atoms with Crippen molar-refractivity contribution in [1.82, 2.24) is 5.32 Å². The molecule has 1 aromatic carbocycles. The van der Waals surface area contributed by atoms with Crippen LogP contribution in [0.5, 0.6) is 5.75 Å². The van der Waals surface area contributed by atoms with Gasteiger partial charge in [-0.05, 0) is 50.4 Å². The van der Waals surface area contributed by atoms with Crippen LogP contribution in [0.15, 0.2) is 24.3 Å². The van der Waals surface area contributed by atoms with E-state index in [2.05, 4.69) is 5.32 Å². The van der Waals surface area contributed by atoms with Crippen molar-refractivity contribution in [3.63, 3.8) is 0 Å². The van der Waals surface area contributed by atoms with E-state index < -0.39 is 23.7 Å². The zero-order chi connectivity index (χ0) is 20.3. The summed E-state index contributed by atoms with van der Waals surface area (Å²) in [6.45, 7) is 1.41. The van der Waals surface area contributed by atoms with Crippen molar-refractivity contribution in [2.45, 2.75) is 50.7 Å². The number of nitrogens with one attached hydrogen (secondary N) is 1. The third-order valence-corrected chi connectivity index (χ3v) is 3.97. The van der Waals surface area contributed by atoms with Gasteiger partial charge in [0, 0.05) is 6.04 Å². The summed E-state index contributed by atoms with van der Waals surface area (Å²) in [6, 6.07) is 5.70. The highest BCUT2D eigenvalue weighted by Crippen LogP contribution is 2.31. The first-order valence-electron chi connectivity index (χ1n) is 8.70. The summed E-state index contributed by atoms with van der Waals surface area (Å²) in [6.07, 6.45) is 2.67. The number of aliphatic carboxylic acids is 2. The Labute approximate surface area is 155 Å². The van der Waals surface area contributed by atoms with Gasteiger partial charge < -0.3 is 20.3 Å². The van der Waals surface area contributed by atoms with E-state index in [1.54, 1.807) is 6.07 Å². The molecule has 0 spiro atoms. The molecule has 1 aromatic rings. The molecule has 1 saturated carbocycles. The van der Waals surface area contributed by atoms with Crippen molar-refractivity contribution in [2.24, 2.45) is 0 Å². The van der Waals surface area contributed by atoms with E-state index in [-0.39, 0.29) is 5.75 Å². The summed E-state index contributed by atoms with van der Waals surface area (Å²) in [7, 11) is 0. The molecule has 152 valence electrons. The van der Waals surface area contributed by atoms with Gasteiger partial charge in [-0.15, -0.1) is 0 Å². The summed E-state index contributed by atoms with van der Waals surface area (Å²) >= 11 is 0. The molecule has 1 aliphatic rings. The fraction of sp³-hybridized carbons (Fsp3) is 0.556. The van der Waals surface area contributed by atoms with Gasteiger partial charge in [0.25, 0.3) is 0 Å². The molecule has 0 heterocycles. The molecule has 3 N–H and O–H groups in total. The largest absolute Gasteiger partial charge is 0.494 e. The maximum Gasteiger partial charge on any atom is 0.416 e. The maximum absolute atomic E-state index is 12.5. The monoisotopic (exact) mass is 391 g/mol. The van der Waals surface area contributed by atoms with Gasteiger partial charge in [-0.1, -0.05) is 18.9 Å². The number of halogens is 3. The normalized spacial score (nSPS) is 14.3. The lowest BCUT2D eigenvalue weighted by Crippen LogP contribution is -2.27. The molecule has 0 radical (unpaired) electrons. The van der Waals surface area contributed by atoms with E-state index in [0.717, 1.165) is 31.5 Å². The molecule has 1 aliphatic carbocycles. The van der Waals surface area contributed by atoms with Crippen LogP contribution in [0.25, 0.3) is 0 Å². The Balaban J connectivity index is 0.000000527. The molecule has 1 fully saturated rings. The molecule has 0 amide bonds. The van der Waals surface area contributed by atoms with E-state index >= 15 is 0 Å². The average Bonchev–Trinajstić information content (AvgIpc) is 3.11. The molecule has 2 rings (SSSR count). The molecule has 27 heavy (non-hydrogen) atoms. The van der Waals surface area contributed by atoms with Crippen LogP contribution < -0.4 is 10.1 Å². The van der Waals surface area contributed by atoms with Crippen molar-refractivity contribution < 1.29 is 37.7 Å². The standard InChI is InChI=1S/C16H22F3NO.C2H2O4/c17-16(18,19)13-6-5-9-15(12-13)21-11-4-3-10-20-14-7-1-2-8-14;3-1(4)2(5)6/h5-6,9,12,14,20H,1-4,7-8,10-11H2;(H,3,4)(H,5,6). The van der Waals surface area contributed by atoms with Crippen LogP contribution in [0.4, 0.5) is 13.2 Å². The Bertz CT molecular complexity index is 589. The van der Waals surface area contributed by atoms with Crippen LogP contribution >= 0.6 is 0 Å². The van der Waals surface area contributed by atoms with E-state index in [1.807, 2.05) is 0 Å². The van der Waals surface area contributed by atoms with E-state index in [4.69, 9.17) is 24.5 Å². The lowest BCUT2D eigenvalue weighted by molar-refractivity contribution is -0.159. The second-order valence-corrected chi connectivity index (χ2v) is 6.13. The Kier molecular flexibility index (Phi) is 9.63. The molecule has 6 nitrogen and oxygen atoms in total. The van der Waals surface area contributed by atoms with Gasteiger partial charge >= 0.3 is 18.1 Å². The lowest BCUT2D eigenvalue weighted by Gasteiger charge is -2.12. The Morgan fingerprint density at radius 2 is 1.74 bits per heavy atom. The van der Waals surface area contributed by atoms with Crippen molar-refractivity contribution in [1.29, 1.82) is 0 Å². The second kappa shape index (κ2) is 11.4. The highest BCUT2D eigenvalue weighted by Gasteiger charge is 2.30. The number of alkyl halides is 3. The van der Waals surface area contributed by atoms with Crippen LogP contribution in [-0.4, -0.2) is 41.3 Å². The zero-order valence-electron chi connectivity index (χ0n) is 14.8. The summed E-state index contributed by atoms with van der Waals surface area (Å²) in [4.78, 5) is 18.2. The smallest absolute Gasteiger partial charge is 0.416 e. The molecule has 0 aromatic heterocycles. The van der Waals surface area contributed by atoms with E-state index in [9.17, 15) is 13.2 Å². The lowest BCUT2D eigenvalue weighted by atomic mass is 10.2. The summed E-state index contributed by atoms with van der Waals surface area (Å²) in [5, 5.41) is 18.3. The number of ether oxygens (including phenoxy) is 1. The number of hydrogen-bond acceptors (Lipinski definition) is 4. The summed E-state index contributed by atoms with van der Waals surface area (Å²) in [5.41, 5.74) is -0.664. The molecule has 0 aliphatic heterocycles. The quantitative estimate of drug-likeness (QED) is 0.486. The Hall–Kier alpha value is -2.29. The van der Waals surface area contributed by atoms with E-state index in [0.29, 0.717) is 12.6 Å². The van der Waals surface area contributed by atoms with Gasteiger partial charge in [0.2, 0.25) is 0 Å². The van der Waals surface area contributed by atoms with Crippen molar-refractivity contribution >= 4 is 11.9 Å². The molecule has 9 heteroatoms. The maximum atomic E-state index is 12.5. The zero-order valence-corrected chi connectivity index (χ0v) is 14.8. The summed E-state index contributed by atoms with van der Waals surface area (Å²) < 4.78 is 43.0. The van der Waals surface area contributed by atoms with Crippen LogP contribution in [0, 0.1) is 0 Å². The molecular formula is C18H24F3NO5. The third kappa shape index (κ3) is 9.83. The first-order valence-corrected chi connectivity index (χ1v) is 8.70. The Morgan fingerprint density at radius 1 is 1.11 bits per heavy atom. The fourth-order valence-corrected chi connectivity index (χ4v) is 2.62. The SMILES string of the molecule is FC(F)(F)c1cccc(OCCCCNC2CCCC2)c1.O=C(O)C(=O)O. The van der Waals surface area contributed by atoms with Crippen molar-refractivity contribution in [2.75, 3.05) is 13.2 Å². The average molecular weight is 391 g/mol. The number of hydrogen-bond donors (Lipinski definition) is 3. The number of benzene rings is 1. The molecule has 0 unspecified atom stereocenters. The highest BCUT2D eigenvalue weighted by atomic mass is 19.4. The molecule has 0 bridgehead atoms. The van der Waals surface area contributed by atoms with Gasteiger partial charge in [-0.25, -0.2) is 9.59 Å².